The minimum atomic E-state index is -3.95. The molecule has 0 saturated carbocycles. The van der Waals surface area contributed by atoms with Gasteiger partial charge in [0.2, 0.25) is 15.9 Å². The Kier molecular flexibility index (Phi) is 5.68. The van der Waals surface area contributed by atoms with Crippen molar-refractivity contribution >= 4 is 37.5 Å². The van der Waals surface area contributed by atoms with Gasteiger partial charge in [-0.05, 0) is 43.3 Å². The molecule has 0 heterocycles. The summed E-state index contributed by atoms with van der Waals surface area (Å²) in [5, 5.41) is 2.04. The van der Waals surface area contributed by atoms with E-state index in [4.69, 9.17) is 0 Å². The topological polar surface area (TPSA) is 75.3 Å². The van der Waals surface area contributed by atoms with Crippen molar-refractivity contribution < 1.29 is 22.0 Å². The molecule has 0 fully saturated rings. The molecule has 0 saturated heterocycles. The number of para-hydroxylation sites is 1. The molecule has 0 radical (unpaired) electrons. The van der Waals surface area contributed by atoms with Crippen LogP contribution in [0.5, 0.6) is 0 Å². The first kappa shape index (κ1) is 18.5. The number of sulfonamides is 1. The van der Waals surface area contributed by atoms with E-state index in [1.54, 1.807) is 0 Å². The van der Waals surface area contributed by atoms with Crippen LogP contribution in [0.15, 0.2) is 51.8 Å². The van der Waals surface area contributed by atoms with Crippen molar-refractivity contribution in [1.29, 1.82) is 0 Å². The highest BCUT2D eigenvalue weighted by molar-refractivity contribution is 9.10. The molecule has 0 aliphatic heterocycles. The van der Waals surface area contributed by atoms with Gasteiger partial charge in [-0.3, -0.25) is 4.79 Å². The lowest BCUT2D eigenvalue weighted by atomic mass is 10.2. The third-order valence-corrected chi connectivity index (χ3v) is 5.15. The number of rotatable bonds is 5. The van der Waals surface area contributed by atoms with Crippen molar-refractivity contribution in [1.82, 2.24) is 4.72 Å². The Bertz CT molecular complexity index is 837. The van der Waals surface area contributed by atoms with Gasteiger partial charge in [-0.25, -0.2) is 17.2 Å². The zero-order valence-corrected chi connectivity index (χ0v) is 14.8. The number of anilines is 1. The number of benzene rings is 2. The molecule has 0 unspecified atom stereocenters. The molecular weight excluding hydrogens is 406 g/mol. The first-order chi connectivity index (χ1) is 11.2. The molecule has 0 spiro atoms. The van der Waals surface area contributed by atoms with E-state index in [0.717, 1.165) is 18.2 Å². The first-order valence-corrected chi connectivity index (χ1v) is 9.01. The van der Waals surface area contributed by atoms with E-state index in [-0.39, 0.29) is 4.90 Å². The third-order valence-electron chi connectivity index (χ3n) is 3.06. The van der Waals surface area contributed by atoms with Crippen LogP contribution in [0.25, 0.3) is 0 Å². The Labute approximate surface area is 146 Å². The zero-order valence-electron chi connectivity index (χ0n) is 12.4. The van der Waals surface area contributed by atoms with E-state index in [0.29, 0.717) is 4.47 Å². The predicted molar refractivity (Wildman–Crippen MR) is 88.9 cm³/mol. The summed E-state index contributed by atoms with van der Waals surface area (Å²) in [7, 11) is -3.95. The lowest BCUT2D eigenvalue weighted by molar-refractivity contribution is -0.117. The van der Waals surface area contributed by atoms with Crippen LogP contribution in [-0.2, 0) is 14.8 Å². The quantitative estimate of drug-likeness (QED) is 0.783. The van der Waals surface area contributed by atoms with Crippen LogP contribution in [0.3, 0.4) is 0 Å². The number of amides is 1. The molecule has 24 heavy (non-hydrogen) atoms. The molecule has 2 N–H and O–H groups in total. The van der Waals surface area contributed by atoms with Crippen LogP contribution in [0.1, 0.15) is 6.92 Å². The third kappa shape index (κ3) is 4.37. The van der Waals surface area contributed by atoms with Crippen LogP contribution in [-0.4, -0.2) is 20.4 Å². The maximum atomic E-state index is 13.5. The van der Waals surface area contributed by atoms with Crippen molar-refractivity contribution in [2.75, 3.05) is 5.32 Å². The highest BCUT2D eigenvalue weighted by Crippen LogP contribution is 2.19. The predicted octanol–water partition coefficient (Wildman–Crippen LogP) is 3.03. The molecule has 2 rings (SSSR count). The van der Waals surface area contributed by atoms with E-state index in [2.05, 4.69) is 20.7 Å². The smallest absolute Gasteiger partial charge is 0.242 e. The highest BCUT2D eigenvalue weighted by Gasteiger charge is 2.23. The van der Waals surface area contributed by atoms with Gasteiger partial charge < -0.3 is 5.32 Å². The average Bonchev–Trinajstić information content (AvgIpc) is 2.51. The van der Waals surface area contributed by atoms with Gasteiger partial charge >= 0.3 is 0 Å². The Morgan fingerprint density at radius 1 is 1.08 bits per heavy atom. The Morgan fingerprint density at radius 3 is 2.17 bits per heavy atom. The summed E-state index contributed by atoms with van der Waals surface area (Å²) < 4.78 is 54.3. The van der Waals surface area contributed by atoms with Crippen molar-refractivity contribution in [3.05, 3.63) is 58.6 Å². The van der Waals surface area contributed by atoms with Gasteiger partial charge in [0.05, 0.1) is 10.9 Å². The van der Waals surface area contributed by atoms with E-state index >= 15 is 0 Å². The zero-order chi connectivity index (χ0) is 17.9. The van der Waals surface area contributed by atoms with Gasteiger partial charge in [0, 0.05) is 4.47 Å². The van der Waals surface area contributed by atoms with Crippen molar-refractivity contribution in [2.24, 2.45) is 0 Å². The summed E-state index contributed by atoms with van der Waals surface area (Å²) in [4.78, 5) is 12.0. The monoisotopic (exact) mass is 418 g/mol. The molecule has 9 heteroatoms. The Balaban J connectivity index is 2.12. The SMILES string of the molecule is C[C@@H](NS(=O)(=O)c1ccc(Br)cc1)C(=O)Nc1c(F)cccc1F. The molecule has 1 atom stereocenters. The van der Waals surface area contributed by atoms with Crippen LogP contribution in [0.4, 0.5) is 14.5 Å². The maximum absolute atomic E-state index is 13.5. The fourth-order valence-electron chi connectivity index (χ4n) is 1.82. The standard InChI is InChI=1S/C15H13BrF2N2O3S/c1-9(15(21)19-14-12(17)3-2-4-13(14)18)20-24(22,23)11-7-5-10(16)6-8-11/h2-9,20H,1H3,(H,19,21)/t9-/m1/s1. The van der Waals surface area contributed by atoms with Crippen molar-refractivity contribution in [2.45, 2.75) is 17.9 Å². The number of halogens is 3. The second kappa shape index (κ2) is 7.37. The van der Waals surface area contributed by atoms with E-state index in [1.807, 2.05) is 5.32 Å². The molecule has 0 bridgehead atoms. The molecule has 2 aromatic carbocycles. The number of carbonyl (C=O) groups excluding carboxylic acids is 1. The fourth-order valence-corrected chi connectivity index (χ4v) is 3.28. The lowest BCUT2D eigenvalue weighted by Crippen LogP contribution is -2.41. The van der Waals surface area contributed by atoms with Gasteiger partial charge in [0.25, 0.3) is 0 Å². The van der Waals surface area contributed by atoms with Gasteiger partial charge in [-0.15, -0.1) is 0 Å². The normalized spacial score (nSPS) is 12.7. The number of nitrogens with one attached hydrogen (secondary N) is 2. The minimum Gasteiger partial charge on any atom is -0.320 e. The second-order valence-corrected chi connectivity index (χ2v) is 7.51. The molecule has 0 aliphatic carbocycles. The molecule has 5 nitrogen and oxygen atoms in total. The van der Waals surface area contributed by atoms with Crippen molar-refractivity contribution in [3.63, 3.8) is 0 Å². The van der Waals surface area contributed by atoms with Crippen molar-refractivity contribution in [3.8, 4) is 0 Å². The Hall–Kier alpha value is -1.84. The molecule has 128 valence electrons. The summed E-state index contributed by atoms with van der Waals surface area (Å²) in [5.41, 5.74) is -0.628. The van der Waals surface area contributed by atoms with Crippen LogP contribution in [0, 0.1) is 11.6 Å². The summed E-state index contributed by atoms with van der Waals surface area (Å²) >= 11 is 3.19. The van der Waals surface area contributed by atoms with Gasteiger partial charge in [0.15, 0.2) is 0 Å². The second-order valence-electron chi connectivity index (χ2n) is 4.88. The van der Waals surface area contributed by atoms with Gasteiger partial charge in [-0.2, -0.15) is 4.72 Å². The molecular formula is C15H13BrF2N2O3S. The average molecular weight is 419 g/mol. The minimum absolute atomic E-state index is 0.0394. The van der Waals surface area contributed by atoms with Crippen LogP contribution < -0.4 is 10.0 Å². The summed E-state index contributed by atoms with van der Waals surface area (Å²) in [5.74, 6) is -2.79. The molecule has 0 aliphatic rings. The lowest BCUT2D eigenvalue weighted by Gasteiger charge is -2.15. The van der Waals surface area contributed by atoms with E-state index < -0.39 is 39.3 Å². The number of carbonyl (C=O) groups is 1. The molecule has 0 aromatic heterocycles. The largest absolute Gasteiger partial charge is 0.320 e. The van der Waals surface area contributed by atoms with Crippen LogP contribution in [0.2, 0.25) is 0 Å². The Morgan fingerprint density at radius 2 is 1.62 bits per heavy atom. The summed E-state index contributed by atoms with van der Waals surface area (Å²) in [6.45, 7) is 1.27. The molecule has 2 aromatic rings. The number of hydrogen-bond acceptors (Lipinski definition) is 3. The van der Waals surface area contributed by atoms with Crippen LogP contribution >= 0.6 is 15.9 Å². The van der Waals surface area contributed by atoms with Gasteiger partial charge in [-0.1, -0.05) is 22.0 Å². The fraction of sp³-hybridized carbons (Fsp3) is 0.133. The van der Waals surface area contributed by atoms with E-state index in [9.17, 15) is 22.0 Å². The number of hydrogen-bond donors (Lipinski definition) is 2. The maximum Gasteiger partial charge on any atom is 0.242 e. The molecule has 1 amide bonds. The highest BCUT2D eigenvalue weighted by atomic mass is 79.9. The van der Waals surface area contributed by atoms with E-state index in [1.165, 1.54) is 31.2 Å². The summed E-state index contributed by atoms with van der Waals surface area (Å²) in [6, 6.07) is 7.66. The summed E-state index contributed by atoms with van der Waals surface area (Å²) in [6.07, 6.45) is 0. The first-order valence-electron chi connectivity index (χ1n) is 6.73. The van der Waals surface area contributed by atoms with Gasteiger partial charge in [0.1, 0.15) is 17.3 Å².